The molecule has 0 aromatic heterocycles. The molecule has 2 aromatic carbocycles. The number of ether oxygens (including phenoxy) is 1. The maximum absolute atomic E-state index is 12.1. The van der Waals surface area contributed by atoms with Crippen molar-refractivity contribution in [2.24, 2.45) is 0 Å². The van der Waals surface area contributed by atoms with Gasteiger partial charge in [0, 0.05) is 11.3 Å². The van der Waals surface area contributed by atoms with E-state index in [2.05, 4.69) is 5.32 Å². The quantitative estimate of drug-likeness (QED) is 0.886. The van der Waals surface area contributed by atoms with Crippen LogP contribution in [0.2, 0.25) is 0 Å². The minimum atomic E-state index is -1.31. The Hall–Kier alpha value is -2.82. The minimum absolute atomic E-state index is 0.204. The molecule has 0 spiro atoms. The third-order valence-electron chi connectivity index (χ3n) is 3.31. The molecule has 2 N–H and O–H groups in total. The maximum Gasteiger partial charge on any atom is 0.347 e. The van der Waals surface area contributed by atoms with Gasteiger partial charge in [-0.1, -0.05) is 17.7 Å². The summed E-state index contributed by atoms with van der Waals surface area (Å²) in [4.78, 5) is 23.1. The second-order valence-corrected chi connectivity index (χ2v) is 5.76. The van der Waals surface area contributed by atoms with Crippen molar-refractivity contribution in [3.63, 3.8) is 0 Å². The van der Waals surface area contributed by atoms with Gasteiger partial charge >= 0.3 is 5.97 Å². The number of nitrogens with one attached hydrogen (secondary N) is 1. The third kappa shape index (κ3) is 4.32. The highest BCUT2D eigenvalue weighted by atomic mass is 16.5. The van der Waals surface area contributed by atoms with E-state index in [1.54, 1.807) is 36.4 Å². The molecule has 0 heterocycles. The molecule has 0 fully saturated rings. The zero-order chi connectivity index (χ0) is 17.0. The van der Waals surface area contributed by atoms with Crippen LogP contribution in [0.15, 0.2) is 48.5 Å². The molecule has 0 aliphatic heterocycles. The first kappa shape index (κ1) is 16.5. The maximum atomic E-state index is 12.1. The highest BCUT2D eigenvalue weighted by Crippen LogP contribution is 2.21. The van der Waals surface area contributed by atoms with Crippen molar-refractivity contribution in [2.75, 3.05) is 5.32 Å². The van der Waals surface area contributed by atoms with Crippen LogP contribution < -0.4 is 10.1 Å². The van der Waals surface area contributed by atoms with E-state index in [-0.39, 0.29) is 5.91 Å². The Labute approximate surface area is 134 Å². The zero-order valence-corrected chi connectivity index (χ0v) is 13.3. The lowest BCUT2D eigenvalue weighted by molar-refractivity contribution is -0.152. The molecule has 2 aromatic rings. The van der Waals surface area contributed by atoms with Gasteiger partial charge < -0.3 is 15.2 Å². The largest absolute Gasteiger partial charge is 0.478 e. The van der Waals surface area contributed by atoms with Gasteiger partial charge in [0.1, 0.15) is 5.75 Å². The number of carbonyl (C=O) groups excluding carboxylic acids is 1. The zero-order valence-electron chi connectivity index (χ0n) is 13.3. The van der Waals surface area contributed by atoms with Crippen molar-refractivity contribution in [3.05, 3.63) is 59.7 Å². The Morgan fingerprint density at radius 1 is 1.00 bits per heavy atom. The van der Waals surface area contributed by atoms with E-state index >= 15 is 0 Å². The van der Waals surface area contributed by atoms with Crippen molar-refractivity contribution >= 4 is 17.6 Å². The Bertz CT molecular complexity index is 703. The lowest BCUT2D eigenvalue weighted by atomic mass is 10.1. The molecule has 0 saturated heterocycles. The van der Waals surface area contributed by atoms with Gasteiger partial charge in [-0.25, -0.2) is 4.79 Å². The predicted octanol–water partition coefficient (Wildman–Crippen LogP) is 3.49. The lowest BCUT2D eigenvalue weighted by Gasteiger charge is -2.21. The average molecular weight is 313 g/mol. The van der Waals surface area contributed by atoms with E-state index in [4.69, 9.17) is 9.84 Å². The summed E-state index contributed by atoms with van der Waals surface area (Å²) < 4.78 is 5.41. The second kappa shape index (κ2) is 6.52. The van der Waals surface area contributed by atoms with E-state index in [0.717, 1.165) is 5.56 Å². The summed E-state index contributed by atoms with van der Waals surface area (Å²) >= 11 is 0. The monoisotopic (exact) mass is 313 g/mol. The number of aryl methyl sites for hydroxylation is 1. The van der Waals surface area contributed by atoms with Crippen molar-refractivity contribution in [2.45, 2.75) is 26.4 Å². The number of carboxylic acid groups (broad SMARTS) is 1. The molecular formula is C18H19NO4. The van der Waals surface area contributed by atoms with Gasteiger partial charge in [-0.05, 0) is 57.2 Å². The summed E-state index contributed by atoms with van der Waals surface area (Å²) in [5.41, 5.74) is 0.954. The Kier molecular flexibility index (Phi) is 4.69. The van der Waals surface area contributed by atoms with Gasteiger partial charge in [0.25, 0.3) is 5.91 Å². The van der Waals surface area contributed by atoms with Crippen LogP contribution in [0.3, 0.4) is 0 Å². The molecule has 0 aliphatic carbocycles. The van der Waals surface area contributed by atoms with Gasteiger partial charge in [-0.3, -0.25) is 4.79 Å². The smallest absolute Gasteiger partial charge is 0.347 e. The first-order valence-electron chi connectivity index (χ1n) is 7.18. The van der Waals surface area contributed by atoms with Crippen LogP contribution in [0.5, 0.6) is 5.75 Å². The number of aliphatic carboxylic acids is 1. The van der Waals surface area contributed by atoms with E-state index in [1.165, 1.54) is 13.8 Å². The summed E-state index contributed by atoms with van der Waals surface area (Å²) in [6, 6.07) is 13.8. The van der Waals surface area contributed by atoms with Gasteiger partial charge in [-0.15, -0.1) is 0 Å². The molecule has 120 valence electrons. The molecule has 1 amide bonds. The van der Waals surface area contributed by atoms with Crippen LogP contribution in [-0.4, -0.2) is 22.6 Å². The van der Waals surface area contributed by atoms with E-state index < -0.39 is 11.6 Å². The van der Waals surface area contributed by atoms with Crippen LogP contribution >= 0.6 is 0 Å². The van der Waals surface area contributed by atoms with Crippen molar-refractivity contribution in [1.82, 2.24) is 0 Å². The van der Waals surface area contributed by atoms with E-state index in [9.17, 15) is 9.59 Å². The summed E-state index contributed by atoms with van der Waals surface area (Å²) in [5, 5.41) is 11.8. The first-order valence-corrected chi connectivity index (χ1v) is 7.18. The molecule has 2 rings (SSSR count). The number of hydrogen-bond acceptors (Lipinski definition) is 3. The fourth-order valence-corrected chi connectivity index (χ4v) is 1.85. The SMILES string of the molecule is Cc1ccc(C(=O)Nc2ccc(OC(C)(C)C(=O)O)cc2)cc1. The number of rotatable bonds is 5. The molecule has 0 unspecified atom stereocenters. The number of anilines is 1. The van der Waals surface area contributed by atoms with Crippen LogP contribution in [0, 0.1) is 6.92 Å². The van der Waals surface area contributed by atoms with Gasteiger partial charge in [0.05, 0.1) is 0 Å². The average Bonchev–Trinajstić information content (AvgIpc) is 2.49. The van der Waals surface area contributed by atoms with Crippen molar-refractivity contribution in [3.8, 4) is 5.75 Å². The summed E-state index contributed by atoms with van der Waals surface area (Å²) in [7, 11) is 0. The van der Waals surface area contributed by atoms with E-state index in [1.807, 2.05) is 19.1 Å². The van der Waals surface area contributed by atoms with Crippen molar-refractivity contribution in [1.29, 1.82) is 0 Å². The van der Waals surface area contributed by atoms with Gasteiger partial charge in [-0.2, -0.15) is 0 Å². The van der Waals surface area contributed by atoms with Crippen LogP contribution in [-0.2, 0) is 4.79 Å². The molecule has 23 heavy (non-hydrogen) atoms. The molecule has 0 bridgehead atoms. The van der Waals surface area contributed by atoms with Gasteiger partial charge in [0.2, 0.25) is 0 Å². The van der Waals surface area contributed by atoms with Gasteiger partial charge in [0.15, 0.2) is 5.60 Å². The fraction of sp³-hybridized carbons (Fsp3) is 0.222. The molecule has 5 heteroatoms. The molecule has 5 nitrogen and oxygen atoms in total. The number of benzene rings is 2. The van der Waals surface area contributed by atoms with Crippen LogP contribution in [0.4, 0.5) is 5.69 Å². The Morgan fingerprint density at radius 3 is 2.09 bits per heavy atom. The Balaban J connectivity index is 2.04. The second-order valence-electron chi connectivity index (χ2n) is 5.76. The molecule has 0 saturated carbocycles. The highest BCUT2D eigenvalue weighted by molar-refractivity contribution is 6.04. The first-order chi connectivity index (χ1) is 10.8. The standard InChI is InChI=1S/C18H19NO4/c1-12-4-6-13(7-5-12)16(20)19-14-8-10-15(11-9-14)23-18(2,3)17(21)22/h4-11H,1-3H3,(H,19,20)(H,21,22). The number of carbonyl (C=O) groups is 2. The third-order valence-corrected chi connectivity index (χ3v) is 3.31. The molecule has 0 radical (unpaired) electrons. The summed E-state index contributed by atoms with van der Waals surface area (Å²) in [6.07, 6.45) is 0. The summed E-state index contributed by atoms with van der Waals surface area (Å²) in [5.74, 6) is -0.829. The van der Waals surface area contributed by atoms with Crippen LogP contribution in [0.25, 0.3) is 0 Å². The normalized spacial score (nSPS) is 10.9. The summed E-state index contributed by atoms with van der Waals surface area (Å²) in [6.45, 7) is 4.91. The predicted molar refractivity (Wildman–Crippen MR) is 87.9 cm³/mol. The highest BCUT2D eigenvalue weighted by Gasteiger charge is 2.29. The topological polar surface area (TPSA) is 75.6 Å². The Morgan fingerprint density at radius 2 is 1.57 bits per heavy atom. The molecular weight excluding hydrogens is 294 g/mol. The van der Waals surface area contributed by atoms with Crippen LogP contribution in [0.1, 0.15) is 29.8 Å². The van der Waals surface area contributed by atoms with Crippen molar-refractivity contribution < 1.29 is 19.4 Å². The fourth-order valence-electron chi connectivity index (χ4n) is 1.85. The number of amides is 1. The molecule has 0 aliphatic rings. The number of hydrogen-bond donors (Lipinski definition) is 2. The molecule has 0 atom stereocenters. The van der Waals surface area contributed by atoms with E-state index in [0.29, 0.717) is 17.0 Å². The lowest BCUT2D eigenvalue weighted by Crippen LogP contribution is -2.37. The minimum Gasteiger partial charge on any atom is -0.478 e. The number of carboxylic acids is 1.